The van der Waals surface area contributed by atoms with Gasteiger partial charge in [0, 0.05) is 25.9 Å². The number of hydrogen-bond acceptors (Lipinski definition) is 8. The molecular formula is C22H23N3O6S. The van der Waals surface area contributed by atoms with E-state index in [-0.39, 0.29) is 27.8 Å². The third-order valence-corrected chi connectivity index (χ3v) is 6.55. The summed E-state index contributed by atoms with van der Waals surface area (Å²) in [4.78, 5) is 18.1. The summed E-state index contributed by atoms with van der Waals surface area (Å²) in [6.07, 6.45) is 1.39. The monoisotopic (exact) mass is 457 g/mol. The Hall–Kier alpha value is -3.47. The fourth-order valence-electron chi connectivity index (χ4n) is 3.33. The van der Waals surface area contributed by atoms with Crippen LogP contribution in [0.15, 0.2) is 70.7 Å². The van der Waals surface area contributed by atoms with E-state index in [0.29, 0.717) is 17.0 Å². The van der Waals surface area contributed by atoms with Crippen LogP contribution in [0.25, 0.3) is 0 Å². The van der Waals surface area contributed by atoms with E-state index in [9.17, 15) is 18.4 Å². The number of methoxy groups -OCH3 is 2. The number of anilines is 2. The van der Waals surface area contributed by atoms with E-state index in [2.05, 4.69) is 4.98 Å². The third kappa shape index (κ3) is 4.42. The Morgan fingerprint density at radius 1 is 1.09 bits per heavy atom. The van der Waals surface area contributed by atoms with E-state index in [0.717, 1.165) is 0 Å². The van der Waals surface area contributed by atoms with E-state index in [1.807, 2.05) is 0 Å². The Morgan fingerprint density at radius 3 is 2.44 bits per heavy atom. The minimum atomic E-state index is -4.00. The zero-order chi connectivity index (χ0) is 23.3. The van der Waals surface area contributed by atoms with Gasteiger partial charge in [0.1, 0.15) is 5.75 Å². The number of benzene rings is 2. The molecule has 1 aromatic heterocycles. The van der Waals surface area contributed by atoms with Crippen molar-refractivity contribution in [3.05, 3.63) is 71.9 Å². The number of carbonyl (C=O) groups is 1. The Labute approximate surface area is 186 Å². The number of carbonyl (C=O) groups excluding carboxylic acids is 1. The van der Waals surface area contributed by atoms with Crippen molar-refractivity contribution in [2.75, 3.05) is 26.2 Å². The molecule has 9 nitrogen and oxygen atoms in total. The van der Waals surface area contributed by atoms with Crippen molar-refractivity contribution < 1.29 is 27.9 Å². The molecule has 0 atom stereocenters. The molecule has 2 N–H and O–H groups in total. The molecule has 2 aromatic carbocycles. The predicted octanol–water partition coefficient (Wildman–Crippen LogP) is 2.96. The SMILES string of the molecule is COCc1cccc(C(=O)NO)c1N(C)c1cccnc1S(=O)(=O)c1ccc(OC)cc1. The average molecular weight is 458 g/mol. The van der Waals surface area contributed by atoms with Gasteiger partial charge in [-0.3, -0.25) is 10.0 Å². The first kappa shape index (κ1) is 23.2. The van der Waals surface area contributed by atoms with Gasteiger partial charge in [-0.2, -0.15) is 0 Å². The molecule has 10 heteroatoms. The van der Waals surface area contributed by atoms with Crippen LogP contribution in [0.5, 0.6) is 5.75 Å². The highest BCUT2D eigenvalue weighted by atomic mass is 32.2. The first-order valence-electron chi connectivity index (χ1n) is 9.48. The summed E-state index contributed by atoms with van der Waals surface area (Å²) < 4.78 is 37.1. The summed E-state index contributed by atoms with van der Waals surface area (Å²) >= 11 is 0. The zero-order valence-corrected chi connectivity index (χ0v) is 18.6. The summed E-state index contributed by atoms with van der Waals surface area (Å²) in [5.41, 5.74) is 3.01. The minimum Gasteiger partial charge on any atom is -0.497 e. The number of rotatable bonds is 8. The molecule has 0 saturated carbocycles. The smallest absolute Gasteiger partial charge is 0.276 e. The highest BCUT2D eigenvalue weighted by Crippen LogP contribution is 2.36. The summed E-state index contributed by atoms with van der Waals surface area (Å²) in [6, 6.07) is 14.1. The first-order chi connectivity index (χ1) is 15.3. The Balaban J connectivity index is 2.18. The second-order valence-electron chi connectivity index (χ2n) is 6.75. The van der Waals surface area contributed by atoms with Gasteiger partial charge in [-0.25, -0.2) is 18.9 Å². The number of nitrogens with one attached hydrogen (secondary N) is 1. The first-order valence-corrected chi connectivity index (χ1v) is 11.0. The molecule has 3 rings (SSSR count). The number of para-hydroxylation sites is 1. The van der Waals surface area contributed by atoms with Gasteiger partial charge < -0.3 is 14.4 Å². The Morgan fingerprint density at radius 2 is 1.81 bits per heavy atom. The van der Waals surface area contributed by atoms with Crippen LogP contribution in [-0.4, -0.2) is 45.8 Å². The lowest BCUT2D eigenvalue weighted by Gasteiger charge is -2.26. The molecule has 0 aliphatic rings. The van der Waals surface area contributed by atoms with Crippen LogP contribution in [0.2, 0.25) is 0 Å². The molecule has 0 bridgehead atoms. The molecule has 0 unspecified atom stereocenters. The van der Waals surface area contributed by atoms with Gasteiger partial charge in [-0.1, -0.05) is 12.1 Å². The van der Waals surface area contributed by atoms with Crippen LogP contribution < -0.4 is 15.1 Å². The number of ether oxygens (including phenoxy) is 2. The number of hydrogen-bond donors (Lipinski definition) is 2. The zero-order valence-electron chi connectivity index (χ0n) is 17.8. The number of pyridine rings is 1. The lowest BCUT2D eigenvalue weighted by Crippen LogP contribution is -2.24. The highest BCUT2D eigenvalue weighted by molar-refractivity contribution is 7.91. The fraction of sp³-hybridized carbons (Fsp3) is 0.182. The number of amides is 1. The van der Waals surface area contributed by atoms with Crippen LogP contribution >= 0.6 is 0 Å². The molecule has 0 radical (unpaired) electrons. The quantitative estimate of drug-likeness (QED) is 0.392. The van der Waals surface area contributed by atoms with Crippen molar-refractivity contribution >= 4 is 27.1 Å². The van der Waals surface area contributed by atoms with Crippen LogP contribution in [0.3, 0.4) is 0 Å². The van der Waals surface area contributed by atoms with E-state index in [1.54, 1.807) is 53.8 Å². The molecule has 3 aromatic rings. The molecule has 32 heavy (non-hydrogen) atoms. The van der Waals surface area contributed by atoms with Crippen molar-refractivity contribution in [2.24, 2.45) is 0 Å². The van der Waals surface area contributed by atoms with Crippen molar-refractivity contribution in [3.63, 3.8) is 0 Å². The summed E-state index contributed by atoms with van der Waals surface area (Å²) in [7, 11) is 0.616. The van der Waals surface area contributed by atoms with E-state index >= 15 is 0 Å². The molecule has 0 aliphatic carbocycles. The maximum Gasteiger partial charge on any atom is 0.276 e. The van der Waals surface area contributed by atoms with Gasteiger partial charge in [-0.05, 0) is 42.5 Å². The van der Waals surface area contributed by atoms with Gasteiger partial charge >= 0.3 is 0 Å². The number of aromatic nitrogens is 1. The number of sulfone groups is 1. The molecule has 0 saturated heterocycles. The average Bonchev–Trinajstić information content (AvgIpc) is 2.83. The summed E-state index contributed by atoms with van der Waals surface area (Å²) in [5, 5.41) is 9.01. The van der Waals surface area contributed by atoms with Crippen LogP contribution in [0, 0.1) is 0 Å². The molecule has 0 fully saturated rings. The van der Waals surface area contributed by atoms with E-state index < -0.39 is 15.7 Å². The second kappa shape index (κ2) is 9.77. The Bertz CT molecular complexity index is 1210. The predicted molar refractivity (Wildman–Crippen MR) is 117 cm³/mol. The minimum absolute atomic E-state index is 0.0464. The Kier molecular flexibility index (Phi) is 7.08. The van der Waals surface area contributed by atoms with Crippen LogP contribution in [-0.2, 0) is 21.2 Å². The van der Waals surface area contributed by atoms with Crippen LogP contribution in [0.1, 0.15) is 15.9 Å². The highest BCUT2D eigenvalue weighted by Gasteiger charge is 2.27. The molecule has 1 heterocycles. The standard InChI is InChI=1S/C22H23N3O6S/c1-25(20-15(14-30-2)6-4-7-18(20)21(26)24-27)19-8-5-13-23-22(19)32(28,29)17-11-9-16(31-3)10-12-17/h4-13,27H,14H2,1-3H3,(H,24,26). The molecule has 0 spiro atoms. The van der Waals surface area contributed by atoms with Gasteiger partial charge in [0.25, 0.3) is 5.91 Å². The molecule has 168 valence electrons. The van der Waals surface area contributed by atoms with Gasteiger partial charge in [0.2, 0.25) is 9.84 Å². The van der Waals surface area contributed by atoms with Crippen molar-refractivity contribution in [2.45, 2.75) is 16.5 Å². The van der Waals surface area contributed by atoms with Gasteiger partial charge in [0.15, 0.2) is 5.03 Å². The topological polar surface area (TPSA) is 118 Å². The van der Waals surface area contributed by atoms with Crippen LogP contribution in [0.4, 0.5) is 11.4 Å². The molecular weight excluding hydrogens is 434 g/mol. The lowest BCUT2D eigenvalue weighted by molar-refractivity contribution is 0.0706. The summed E-state index contributed by atoms with van der Waals surface area (Å²) in [5.74, 6) is -0.219. The van der Waals surface area contributed by atoms with Crippen molar-refractivity contribution in [1.82, 2.24) is 10.5 Å². The van der Waals surface area contributed by atoms with Gasteiger partial charge in [-0.15, -0.1) is 0 Å². The van der Waals surface area contributed by atoms with E-state index in [4.69, 9.17) is 9.47 Å². The van der Waals surface area contributed by atoms with Crippen molar-refractivity contribution in [3.8, 4) is 5.75 Å². The molecule has 0 aliphatic heterocycles. The lowest BCUT2D eigenvalue weighted by atomic mass is 10.1. The van der Waals surface area contributed by atoms with E-state index in [1.165, 1.54) is 38.6 Å². The largest absolute Gasteiger partial charge is 0.497 e. The fourth-order valence-corrected chi connectivity index (χ4v) is 4.73. The molecule has 1 amide bonds. The number of nitrogens with zero attached hydrogens (tertiary/aromatic N) is 2. The number of hydroxylamine groups is 1. The maximum absolute atomic E-state index is 13.4. The maximum atomic E-state index is 13.4. The normalized spacial score (nSPS) is 11.1. The third-order valence-electron chi connectivity index (χ3n) is 4.84. The van der Waals surface area contributed by atoms with Gasteiger partial charge in [0.05, 0.1) is 35.6 Å². The van der Waals surface area contributed by atoms with Crippen molar-refractivity contribution in [1.29, 1.82) is 0 Å². The summed E-state index contributed by atoms with van der Waals surface area (Å²) in [6.45, 7) is 0.160. The second-order valence-corrected chi connectivity index (χ2v) is 8.62.